The summed E-state index contributed by atoms with van der Waals surface area (Å²) < 4.78 is 60.0. The Bertz CT molecular complexity index is 380. The summed E-state index contributed by atoms with van der Waals surface area (Å²) in [4.78, 5) is 0. The third-order valence-corrected chi connectivity index (χ3v) is 6.46. The second-order valence-electron chi connectivity index (χ2n) is 5.79. The first kappa shape index (κ1) is 19.4. The van der Waals surface area contributed by atoms with Crippen molar-refractivity contribution >= 4 is 23.5 Å². The van der Waals surface area contributed by atoms with Gasteiger partial charge in [0.2, 0.25) is 0 Å². The molecule has 1 heterocycles. The molecule has 1 saturated carbocycles. The van der Waals surface area contributed by atoms with Gasteiger partial charge in [0, 0.05) is 11.0 Å². The number of allylic oxidation sites excluding steroid dienone is 1. The second-order valence-corrected chi connectivity index (χ2v) is 8.06. The number of ether oxygens (including phenoxy) is 2. The molecular formula is C15H22F4O2S2. The normalized spacial score (nSPS) is 33.5. The summed E-state index contributed by atoms with van der Waals surface area (Å²) in [7, 11) is 0. The molecule has 2 nitrogen and oxygen atoms in total. The second kappa shape index (κ2) is 8.97. The Balaban J connectivity index is 1.70. The number of alkyl halides is 4. The van der Waals surface area contributed by atoms with Gasteiger partial charge in [0.25, 0.3) is 0 Å². The summed E-state index contributed by atoms with van der Waals surface area (Å²) in [6, 6.07) is 0. The number of rotatable bonds is 6. The first-order valence-corrected chi connectivity index (χ1v) is 10.0. The zero-order chi connectivity index (χ0) is 16.9. The molecule has 0 aromatic rings. The summed E-state index contributed by atoms with van der Waals surface area (Å²) in [6.07, 6.45) is -0.626. The van der Waals surface area contributed by atoms with Crippen LogP contribution in [-0.4, -0.2) is 47.9 Å². The van der Waals surface area contributed by atoms with Crippen LogP contribution in [0, 0.1) is 5.92 Å². The van der Waals surface area contributed by atoms with Crippen LogP contribution in [0.2, 0.25) is 0 Å². The van der Waals surface area contributed by atoms with Gasteiger partial charge < -0.3 is 9.47 Å². The van der Waals surface area contributed by atoms with Gasteiger partial charge in [-0.1, -0.05) is 6.08 Å². The first-order chi connectivity index (χ1) is 10.9. The molecule has 23 heavy (non-hydrogen) atoms. The first-order valence-electron chi connectivity index (χ1n) is 7.69. The van der Waals surface area contributed by atoms with Gasteiger partial charge in [0.05, 0.1) is 12.7 Å². The standard InChI is InChI=1S/C15H22F4O2S2/c1-22-12-8-20-13(23-9-12)7-4-10-2-5-11(6-3-10)21-15(18,19)14(16)17/h4,7,10-14H,2-3,5-6,8-9H2,1H3/b7-4+. The van der Waals surface area contributed by atoms with Crippen molar-refractivity contribution in [3.8, 4) is 0 Å². The molecule has 2 aliphatic rings. The summed E-state index contributed by atoms with van der Waals surface area (Å²) >= 11 is 3.56. The fourth-order valence-corrected chi connectivity index (χ4v) is 4.54. The molecule has 1 aliphatic carbocycles. The molecule has 0 amide bonds. The Labute approximate surface area is 142 Å². The Kier molecular flexibility index (Phi) is 7.56. The van der Waals surface area contributed by atoms with E-state index in [0.29, 0.717) is 30.9 Å². The maximum absolute atomic E-state index is 12.9. The molecule has 8 heteroatoms. The molecule has 2 unspecified atom stereocenters. The molecule has 2 rings (SSSR count). The van der Waals surface area contributed by atoms with E-state index in [9.17, 15) is 17.6 Å². The third-order valence-electron chi connectivity index (χ3n) is 4.06. The fraction of sp³-hybridized carbons (Fsp3) is 0.867. The highest BCUT2D eigenvalue weighted by molar-refractivity contribution is 8.03. The molecule has 0 spiro atoms. The topological polar surface area (TPSA) is 18.5 Å². The van der Waals surface area contributed by atoms with Gasteiger partial charge in [0.1, 0.15) is 5.44 Å². The number of hydrogen-bond donors (Lipinski definition) is 0. The highest BCUT2D eigenvalue weighted by atomic mass is 32.2. The monoisotopic (exact) mass is 374 g/mol. The molecule has 1 saturated heterocycles. The molecule has 0 aromatic heterocycles. The summed E-state index contributed by atoms with van der Waals surface area (Å²) in [5.41, 5.74) is 0.0514. The van der Waals surface area contributed by atoms with E-state index in [1.54, 1.807) is 23.5 Å². The van der Waals surface area contributed by atoms with E-state index in [4.69, 9.17) is 4.74 Å². The number of thioether (sulfide) groups is 2. The molecule has 0 bridgehead atoms. The molecule has 1 aliphatic heterocycles. The fourth-order valence-electron chi connectivity index (χ4n) is 2.67. The van der Waals surface area contributed by atoms with E-state index in [-0.39, 0.29) is 11.4 Å². The van der Waals surface area contributed by atoms with Gasteiger partial charge in [-0.25, -0.2) is 8.78 Å². The lowest BCUT2D eigenvalue weighted by Gasteiger charge is -2.30. The van der Waals surface area contributed by atoms with E-state index in [1.165, 1.54) is 0 Å². The predicted molar refractivity (Wildman–Crippen MR) is 86.4 cm³/mol. The Morgan fingerprint density at radius 2 is 1.91 bits per heavy atom. The van der Waals surface area contributed by atoms with E-state index in [2.05, 4.69) is 17.1 Å². The van der Waals surface area contributed by atoms with Crippen LogP contribution in [0.25, 0.3) is 0 Å². The maximum Gasteiger partial charge on any atom is 0.416 e. The summed E-state index contributed by atoms with van der Waals surface area (Å²) in [5.74, 6) is 1.33. The minimum absolute atomic E-state index is 0.0514. The van der Waals surface area contributed by atoms with Crippen molar-refractivity contribution in [3.63, 3.8) is 0 Å². The van der Waals surface area contributed by atoms with Crippen LogP contribution >= 0.6 is 23.5 Å². The molecule has 2 fully saturated rings. The van der Waals surface area contributed by atoms with Crippen molar-refractivity contribution in [1.82, 2.24) is 0 Å². The van der Waals surface area contributed by atoms with Crippen molar-refractivity contribution in [2.24, 2.45) is 5.92 Å². The average Bonchev–Trinajstić information content (AvgIpc) is 2.54. The molecule has 0 N–H and O–H groups in total. The lowest BCUT2D eigenvalue weighted by atomic mass is 9.87. The maximum atomic E-state index is 12.9. The van der Waals surface area contributed by atoms with Crippen LogP contribution < -0.4 is 0 Å². The van der Waals surface area contributed by atoms with Crippen LogP contribution in [0.3, 0.4) is 0 Å². The Hall–Kier alpha value is 0.0800. The van der Waals surface area contributed by atoms with Crippen molar-refractivity contribution < 1.29 is 27.0 Å². The quantitative estimate of drug-likeness (QED) is 0.491. The van der Waals surface area contributed by atoms with Gasteiger partial charge in [0.15, 0.2) is 0 Å². The van der Waals surface area contributed by atoms with Crippen LogP contribution in [0.5, 0.6) is 0 Å². The van der Waals surface area contributed by atoms with Gasteiger partial charge in [-0.3, -0.25) is 0 Å². The van der Waals surface area contributed by atoms with E-state index in [1.807, 2.05) is 6.08 Å². The smallest absolute Gasteiger partial charge is 0.362 e. The summed E-state index contributed by atoms with van der Waals surface area (Å²) in [6.45, 7) is 0.743. The lowest BCUT2D eigenvalue weighted by molar-refractivity contribution is -0.321. The molecule has 0 aromatic carbocycles. The van der Waals surface area contributed by atoms with Gasteiger partial charge in [-0.05, 0) is 43.9 Å². The van der Waals surface area contributed by atoms with Crippen molar-refractivity contribution in [2.75, 3.05) is 18.6 Å². The van der Waals surface area contributed by atoms with Gasteiger partial charge >= 0.3 is 12.5 Å². The number of hydrogen-bond acceptors (Lipinski definition) is 4. The minimum atomic E-state index is -4.34. The average molecular weight is 374 g/mol. The van der Waals surface area contributed by atoms with Gasteiger partial charge in [-0.15, -0.1) is 11.8 Å². The molecule has 2 atom stereocenters. The Morgan fingerprint density at radius 3 is 2.43 bits per heavy atom. The van der Waals surface area contributed by atoms with E-state index in [0.717, 1.165) is 12.4 Å². The van der Waals surface area contributed by atoms with Crippen LogP contribution in [0.4, 0.5) is 17.6 Å². The highest BCUT2D eigenvalue weighted by Crippen LogP contribution is 2.34. The van der Waals surface area contributed by atoms with Crippen LogP contribution in [-0.2, 0) is 9.47 Å². The SMILES string of the molecule is CSC1COC(/C=C/C2CCC(OC(F)(F)C(F)F)CC2)SC1. The third kappa shape index (κ3) is 6.14. The minimum Gasteiger partial charge on any atom is -0.362 e. The van der Waals surface area contributed by atoms with Gasteiger partial charge in [-0.2, -0.15) is 20.5 Å². The van der Waals surface area contributed by atoms with Crippen LogP contribution in [0.1, 0.15) is 25.7 Å². The zero-order valence-electron chi connectivity index (χ0n) is 12.9. The molecule has 134 valence electrons. The summed E-state index contributed by atoms with van der Waals surface area (Å²) in [5, 5.41) is 0.536. The predicted octanol–water partition coefficient (Wildman–Crippen LogP) is 4.80. The van der Waals surface area contributed by atoms with Crippen molar-refractivity contribution in [1.29, 1.82) is 0 Å². The van der Waals surface area contributed by atoms with Crippen molar-refractivity contribution in [2.45, 2.75) is 55.0 Å². The zero-order valence-corrected chi connectivity index (χ0v) is 14.6. The molecule has 0 radical (unpaired) electrons. The van der Waals surface area contributed by atoms with E-state index < -0.39 is 18.6 Å². The highest BCUT2D eigenvalue weighted by Gasteiger charge is 2.44. The Morgan fingerprint density at radius 1 is 1.22 bits per heavy atom. The lowest BCUT2D eigenvalue weighted by Crippen LogP contribution is -2.36. The number of halogens is 4. The van der Waals surface area contributed by atoms with Crippen LogP contribution in [0.15, 0.2) is 12.2 Å². The van der Waals surface area contributed by atoms with E-state index >= 15 is 0 Å². The van der Waals surface area contributed by atoms with Crippen molar-refractivity contribution in [3.05, 3.63) is 12.2 Å². The largest absolute Gasteiger partial charge is 0.416 e. The molecular weight excluding hydrogens is 352 g/mol.